The second-order valence-corrected chi connectivity index (χ2v) is 9.69. The molecule has 1 N–H and O–H groups in total. The normalized spacial score (nSPS) is 17.2. The molecule has 0 radical (unpaired) electrons. The molecule has 10 nitrogen and oxygen atoms in total. The van der Waals surface area contributed by atoms with Gasteiger partial charge in [0.2, 0.25) is 5.91 Å². The van der Waals surface area contributed by atoms with Crippen molar-refractivity contribution in [2.24, 2.45) is 0 Å². The molecule has 2 aliphatic rings. The average Bonchev–Trinajstić information content (AvgIpc) is 3.12. The zero-order valence-electron chi connectivity index (χ0n) is 19.9. The lowest BCUT2D eigenvalue weighted by molar-refractivity contribution is -0.384. The molecule has 2 heterocycles. The Labute approximate surface area is 212 Å². The number of imide groups is 1. The second kappa shape index (κ2) is 10.9. The Bertz CT molecular complexity index is 1220. The number of morpholine rings is 1. The summed E-state index contributed by atoms with van der Waals surface area (Å²) in [5.41, 5.74) is 2.73. The molecule has 2 fully saturated rings. The number of amides is 3. The number of benzene rings is 2. The van der Waals surface area contributed by atoms with Crippen LogP contribution in [0.2, 0.25) is 0 Å². The summed E-state index contributed by atoms with van der Waals surface area (Å²) >= 11 is 0.705. The summed E-state index contributed by atoms with van der Waals surface area (Å²) in [6.07, 6.45) is 1.48. The topological polar surface area (TPSA) is 122 Å². The Balaban J connectivity index is 1.51. The summed E-state index contributed by atoms with van der Waals surface area (Å²) < 4.78 is 5.38. The van der Waals surface area contributed by atoms with Crippen molar-refractivity contribution < 1.29 is 24.0 Å². The van der Waals surface area contributed by atoms with Gasteiger partial charge >= 0.3 is 0 Å². The maximum Gasteiger partial charge on any atom is 0.294 e. The molecule has 4 rings (SSSR count). The van der Waals surface area contributed by atoms with E-state index >= 15 is 0 Å². The molecule has 11 heteroatoms. The highest BCUT2D eigenvalue weighted by Gasteiger charge is 2.36. The van der Waals surface area contributed by atoms with E-state index in [9.17, 15) is 24.5 Å². The number of non-ortho nitro benzene ring substituents is 1. The number of anilines is 2. The Morgan fingerprint density at radius 2 is 1.86 bits per heavy atom. The molecule has 2 aromatic rings. The molecule has 188 valence electrons. The van der Waals surface area contributed by atoms with Crippen molar-refractivity contribution in [2.45, 2.75) is 19.8 Å². The van der Waals surface area contributed by atoms with Gasteiger partial charge in [0, 0.05) is 42.2 Å². The maximum absolute atomic E-state index is 13.0. The van der Waals surface area contributed by atoms with Crippen molar-refractivity contribution in [1.82, 2.24) is 4.90 Å². The molecule has 0 unspecified atom stereocenters. The first-order chi connectivity index (χ1) is 17.2. The van der Waals surface area contributed by atoms with Gasteiger partial charge in [0.25, 0.3) is 16.8 Å². The number of nitrogens with one attached hydrogen (secondary N) is 1. The molecular weight excluding hydrogens is 484 g/mol. The molecule has 2 aromatic carbocycles. The summed E-state index contributed by atoms with van der Waals surface area (Å²) in [7, 11) is 0. The number of rotatable bonds is 7. The van der Waals surface area contributed by atoms with Gasteiger partial charge in [-0.05, 0) is 47.5 Å². The lowest BCUT2D eigenvalue weighted by Gasteiger charge is -2.30. The van der Waals surface area contributed by atoms with Gasteiger partial charge in [0.1, 0.15) is 6.54 Å². The zero-order valence-corrected chi connectivity index (χ0v) is 20.7. The summed E-state index contributed by atoms with van der Waals surface area (Å²) in [5.74, 6) is -0.762. The molecule has 36 heavy (non-hydrogen) atoms. The predicted molar refractivity (Wildman–Crippen MR) is 138 cm³/mol. The van der Waals surface area contributed by atoms with Crippen LogP contribution in [0, 0.1) is 10.1 Å². The number of hydrogen-bond acceptors (Lipinski definition) is 8. The fourth-order valence-corrected chi connectivity index (χ4v) is 4.77. The van der Waals surface area contributed by atoms with Crippen LogP contribution in [0.4, 0.5) is 21.9 Å². The first-order valence-corrected chi connectivity index (χ1v) is 12.3. The number of hydrogen-bond donors (Lipinski definition) is 1. The third-order valence-corrected chi connectivity index (χ3v) is 6.80. The summed E-state index contributed by atoms with van der Waals surface area (Å²) in [6, 6.07) is 11.8. The number of nitro groups is 1. The van der Waals surface area contributed by atoms with Crippen molar-refractivity contribution >= 4 is 52.0 Å². The number of nitro benzene ring substituents is 1. The number of carbonyl (C=O) groups is 3. The number of carbonyl (C=O) groups excluding carboxylic acids is 3. The highest BCUT2D eigenvalue weighted by atomic mass is 32.2. The number of thioether (sulfide) groups is 1. The van der Waals surface area contributed by atoms with E-state index in [1.165, 1.54) is 18.2 Å². The number of nitrogens with zero attached hydrogens (tertiary/aromatic N) is 3. The standard InChI is InChI=1S/C25H26N4O6S/c1-16(2)17-3-5-19(6-4-17)26-23(30)15-28-24(31)22(36-25(28)32)14-18-13-20(29(33)34)7-8-21(18)27-9-11-35-12-10-27/h3-8,13-14,16H,9-12,15H2,1-2H3,(H,26,30)/b22-14-. The molecule has 2 aliphatic heterocycles. The minimum absolute atomic E-state index is 0.101. The van der Waals surface area contributed by atoms with Crippen molar-refractivity contribution in [1.29, 1.82) is 0 Å². The monoisotopic (exact) mass is 510 g/mol. The minimum atomic E-state index is -0.616. The van der Waals surface area contributed by atoms with Gasteiger partial charge in [-0.15, -0.1) is 0 Å². The fraction of sp³-hybridized carbons (Fsp3) is 0.320. The Morgan fingerprint density at radius 1 is 1.17 bits per heavy atom. The number of ether oxygens (including phenoxy) is 1. The van der Waals surface area contributed by atoms with Gasteiger partial charge in [-0.25, -0.2) is 0 Å². The fourth-order valence-electron chi connectivity index (χ4n) is 3.94. The van der Waals surface area contributed by atoms with Crippen LogP contribution in [-0.2, 0) is 14.3 Å². The smallest absolute Gasteiger partial charge is 0.294 e. The van der Waals surface area contributed by atoms with Gasteiger partial charge in [0.05, 0.1) is 23.0 Å². The van der Waals surface area contributed by atoms with Crippen LogP contribution in [0.1, 0.15) is 30.9 Å². The van der Waals surface area contributed by atoms with Crippen LogP contribution in [0.25, 0.3) is 6.08 Å². The van der Waals surface area contributed by atoms with E-state index in [0.29, 0.717) is 60.9 Å². The lowest BCUT2D eigenvalue weighted by Crippen LogP contribution is -2.36. The molecule has 0 spiro atoms. The first-order valence-electron chi connectivity index (χ1n) is 11.5. The van der Waals surface area contributed by atoms with E-state index in [0.717, 1.165) is 10.5 Å². The molecule has 0 aromatic heterocycles. The van der Waals surface area contributed by atoms with Gasteiger partial charge in [-0.1, -0.05) is 26.0 Å². The highest BCUT2D eigenvalue weighted by molar-refractivity contribution is 8.18. The third kappa shape index (κ3) is 5.74. The summed E-state index contributed by atoms with van der Waals surface area (Å²) in [4.78, 5) is 51.9. The van der Waals surface area contributed by atoms with Crippen molar-refractivity contribution in [3.05, 3.63) is 68.6 Å². The molecule has 2 saturated heterocycles. The van der Waals surface area contributed by atoms with E-state index in [1.807, 2.05) is 17.0 Å². The Kier molecular flexibility index (Phi) is 7.70. The van der Waals surface area contributed by atoms with E-state index in [-0.39, 0.29) is 10.6 Å². The third-order valence-electron chi connectivity index (χ3n) is 5.90. The van der Waals surface area contributed by atoms with Crippen molar-refractivity contribution in [3.63, 3.8) is 0 Å². The van der Waals surface area contributed by atoms with Crippen LogP contribution in [0.3, 0.4) is 0 Å². The Hall–Kier alpha value is -3.70. The quantitative estimate of drug-likeness (QED) is 0.334. The van der Waals surface area contributed by atoms with E-state index in [1.54, 1.807) is 18.2 Å². The Morgan fingerprint density at radius 3 is 2.50 bits per heavy atom. The molecule has 0 bridgehead atoms. The van der Waals surface area contributed by atoms with Crippen LogP contribution < -0.4 is 10.2 Å². The van der Waals surface area contributed by atoms with Crippen LogP contribution >= 0.6 is 11.8 Å². The van der Waals surface area contributed by atoms with E-state index < -0.39 is 28.5 Å². The van der Waals surface area contributed by atoms with Crippen molar-refractivity contribution in [3.8, 4) is 0 Å². The van der Waals surface area contributed by atoms with Gasteiger partial charge in [-0.3, -0.25) is 29.4 Å². The highest BCUT2D eigenvalue weighted by Crippen LogP contribution is 2.35. The maximum atomic E-state index is 13.0. The summed E-state index contributed by atoms with van der Waals surface area (Å²) in [5, 5.41) is 13.5. The molecule has 3 amide bonds. The summed E-state index contributed by atoms with van der Waals surface area (Å²) in [6.45, 7) is 5.93. The lowest BCUT2D eigenvalue weighted by atomic mass is 10.0. The second-order valence-electron chi connectivity index (χ2n) is 8.69. The van der Waals surface area contributed by atoms with E-state index in [4.69, 9.17) is 4.74 Å². The average molecular weight is 511 g/mol. The SMILES string of the molecule is CC(C)c1ccc(NC(=O)CN2C(=O)S/C(=C\c3cc([N+](=O)[O-])ccc3N3CCOCC3)C2=O)cc1. The van der Waals surface area contributed by atoms with Crippen LogP contribution in [-0.4, -0.2) is 59.7 Å². The van der Waals surface area contributed by atoms with Crippen LogP contribution in [0.15, 0.2) is 47.4 Å². The zero-order chi connectivity index (χ0) is 25.8. The molecule has 0 atom stereocenters. The van der Waals surface area contributed by atoms with Crippen molar-refractivity contribution in [2.75, 3.05) is 43.1 Å². The molecule has 0 saturated carbocycles. The first kappa shape index (κ1) is 25.4. The molecular formula is C25H26N4O6S. The van der Waals surface area contributed by atoms with Gasteiger partial charge in [-0.2, -0.15) is 0 Å². The van der Waals surface area contributed by atoms with E-state index in [2.05, 4.69) is 19.2 Å². The molecule has 0 aliphatic carbocycles. The largest absolute Gasteiger partial charge is 0.378 e. The van der Waals surface area contributed by atoms with Gasteiger partial charge < -0.3 is 15.0 Å². The predicted octanol–water partition coefficient (Wildman–Crippen LogP) is 4.23. The minimum Gasteiger partial charge on any atom is -0.378 e. The van der Waals surface area contributed by atoms with Crippen LogP contribution in [0.5, 0.6) is 0 Å². The van der Waals surface area contributed by atoms with Gasteiger partial charge in [0.15, 0.2) is 0 Å².